The third-order valence-electron chi connectivity index (χ3n) is 6.97. The average Bonchev–Trinajstić information content (AvgIpc) is 3.31. The van der Waals surface area contributed by atoms with E-state index in [0.29, 0.717) is 0 Å². The predicted octanol–water partition coefficient (Wildman–Crippen LogP) is -0.570. The van der Waals surface area contributed by atoms with Crippen LogP contribution < -0.4 is 57.1 Å². The van der Waals surface area contributed by atoms with Gasteiger partial charge in [0.2, 0.25) is 0 Å². The fourth-order valence-corrected chi connectivity index (χ4v) is 5.38. The van der Waals surface area contributed by atoms with E-state index in [9.17, 15) is 0 Å². The first-order valence-electron chi connectivity index (χ1n) is 11.9. The van der Waals surface area contributed by atoms with E-state index in [0.717, 1.165) is 13.1 Å². The van der Waals surface area contributed by atoms with Crippen LogP contribution in [0.15, 0.2) is 85.5 Å². The van der Waals surface area contributed by atoms with Crippen molar-refractivity contribution in [3.8, 4) is 0 Å². The van der Waals surface area contributed by atoms with Crippen LogP contribution in [-0.4, -0.2) is 9.13 Å². The third-order valence-corrected chi connectivity index (χ3v) is 6.97. The maximum Gasteiger partial charge on any atom is 0.193 e. The number of rotatable bonds is 6. The van der Waals surface area contributed by atoms with Crippen LogP contribution in [0.2, 0.25) is 0 Å². The first-order valence-corrected chi connectivity index (χ1v) is 11.9. The van der Waals surface area contributed by atoms with Crippen molar-refractivity contribution in [1.82, 2.24) is 9.13 Å². The Morgan fingerprint density at radius 1 is 0.514 bits per heavy atom. The summed E-state index contributed by atoms with van der Waals surface area (Å²) in [6, 6.07) is 22.1. The van der Waals surface area contributed by atoms with Crippen molar-refractivity contribution in [3.05, 3.63) is 85.5 Å². The number of aromatic nitrogens is 4. The second kappa shape index (κ2) is 10.8. The molecule has 0 N–H and O–H groups in total. The van der Waals surface area contributed by atoms with Gasteiger partial charge in [-0.2, -0.15) is 0 Å². The zero-order valence-corrected chi connectivity index (χ0v) is 24.5. The highest BCUT2D eigenvalue weighted by molar-refractivity contribution is 6.08. The van der Waals surface area contributed by atoms with E-state index in [1.165, 1.54) is 62.9 Å². The molecular weight excluding hydrogens is 658 g/mol. The number of nitrogens with zero attached hydrogens (tertiary/aromatic N) is 4. The van der Waals surface area contributed by atoms with Gasteiger partial charge in [-0.15, -0.1) is 0 Å². The lowest BCUT2D eigenvalue weighted by atomic mass is 10.2. The monoisotopic (exact) mass is 688 g/mol. The zero-order valence-electron chi connectivity index (χ0n) is 20.2. The largest absolute Gasteiger partial charge is 1.00 e. The molecule has 0 amide bonds. The van der Waals surface area contributed by atoms with Crippen molar-refractivity contribution >= 4 is 43.6 Å². The fourth-order valence-electron chi connectivity index (χ4n) is 5.38. The van der Waals surface area contributed by atoms with Crippen LogP contribution >= 0.6 is 0 Å². The molecule has 0 aliphatic heterocycles. The van der Waals surface area contributed by atoms with Crippen LogP contribution in [0.25, 0.3) is 43.6 Å². The Kier molecular flexibility index (Phi) is 8.00. The number of benzene rings is 2. The van der Waals surface area contributed by atoms with Crippen molar-refractivity contribution < 1.29 is 57.1 Å². The lowest BCUT2D eigenvalue weighted by Gasteiger charge is -2.09. The van der Waals surface area contributed by atoms with Gasteiger partial charge in [-0.3, -0.25) is 0 Å². The van der Waals surface area contributed by atoms with Gasteiger partial charge in [0.25, 0.3) is 0 Å². The minimum atomic E-state index is 0. The number of para-hydroxylation sites is 2. The lowest BCUT2D eigenvalue weighted by Crippen LogP contribution is -3.00. The van der Waals surface area contributed by atoms with Gasteiger partial charge in [0, 0.05) is 57.8 Å². The van der Waals surface area contributed by atoms with Gasteiger partial charge < -0.3 is 57.1 Å². The average molecular weight is 688 g/mol. The normalized spacial score (nSPS) is 11.3. The molecule has 0 saturated carbocycles. The Balaban J connectivity index is 0.00000144. The van der Waals surface area contributed by atoms with Crippen LogP contribution in [0.4, 0.5) is 0 Å². The fraction of sp³-hybridized carbons (Fsp3) is 0.241. The smallest absolute Gasteiger partial charge is 0.193 e. The summed E-state index contributed by atoms with van der Waals surface area (Å²) in [5.41, 5.74) is 5.34. The Bertz CT molecular complexity index is 1510. The molecule has 0 aliphatic rings. The van der Waals surface area contributed by atoms with Gasteiger partial charge >= 0.3 is 0 Å². The molecule has 0 aliphatic carbocycles. The summed E-state index contributed by atoms with van der Waals surface area (Å²) in [5.74, 6) is 0. The van der Waals surface area contributed by atoms with Crippen LogP contribution in [0.1, 0.15) is 19.3 Å². The van der Waals surface area contributed by atoms with Crippen LogP contribution in [-0.2, 0) is 27.2 Å². The van der Waals surface area contributed by atoms with Gasteiger partial charge in [0.05, 0.1) is 0 Å². The zero-order chi connectivity index (χ0) is 22.4. The summed E-state index contributed by atoms with van der Waals surface area (Å²) in [7, 11) is 4.21. The Labute approximate surface area is 240 Å². The van der Waals surface area contributed by atoms with E-state index in [4.69, 9.17) is 0 Å². The first-order chi connectivity index (χ1) is 16.2. The first kappa shape index (κ1) is 25.9. The maximum absolute atomic E-state index is 2.51. The van der Waals surface area contributed by atoms with Gasteiger partial charge in [-0.1, -0.05) is 36.4 Å². The van der Waals surface area contributed by atoms with Crippen molar-refractivity contribution in [3.63, 3.8) is 0 Å². The van der Waals surface area contributed by atoms with E-state index in [-0.39, 0.29) is 48.0 Å². The summed E-state index contributed by atoms with van der Waals surface area (Å²) in [5, 5.41) is 5.40. The van der Waals surface area contributed by atoms with E-state index in [1.54, 1.807) is 0 Å². The van der Waals surface area contributed by atoms with Gasteiger partial charge in [-0.05, 0) is 31.4 Å². The highest BCUT2D eigenvalue weighted by Crippen LogP contribution is 2.29. The molecule has 6 heteroatoms. The molecule has 0 radical (unpaired) electrons. The molecule has 0 fully saturated rings. The van der Waals surface area contributed by atoms with E-state index in [2.05, 4.69) is 118 Å². The SMILES string of the molecule is C[n+]1ccc2c3ccccc3n(CCCCCn3c4ccccc4c4cc[n+](C)cc43)c2c1.[I-].[I-]. The number of hydrogen-bond acceptors (Lipinski definition) is 0. The molecular formula is C29H30I2N4. The Morgan fingerprint density at radius 2 is 0.914 bits per heavy atom. The van der Waals surface area contributed by atoms with Crippen LogP contribution in [0.5, 0.6) is 0 Å². The number of unbranched alkanes of at least 4 members (excludes halogenated alkanes) is 2. The molecule has 4 heterocycles. The number of fused-ring (bicyclic) bond motifs is 6. The number of hydrogen-bond donors (Lipinski definition) is 0. The molecule has 4 nitrogen and oxygen atoms in total. The van der Waals surface area contributed by atoms with Gasteiger partial charge in [0.15, 0.2) is 24.8 Å². The molecule has 6 rings (SSSR count). The molecule has 6 aromatic rings. The van der Waals surface area contributed by atoms with Gasteiger partial charge in [-0.25, -0.2) is 9.13 Å². The second-order valence-corrected chi connectivity index (χ2v) is 9.22. The highest BCUT2D eigenvalue weighted by Gasteiger charge is 2.14. The molecule has 4 aromatic heterocycles. The molecule has 0 saturated heterocycles. The Morgan fingerprint density at radius 3 is 1.37 bits per heavy atom. The van der Waals surface area contributed by atoms with Crippen molar-refractivity contribution in [2.24, 2.45) is 14.1 Å². The maximum atomic E-state index is 2.51. The molecule has 0 bridgehead atoms. The third kappa shape index (κ3) is 4.67. The van der Waals surface area contributed by atoms with Crippen molar-refractivity contribution in [1.29, 1.82) is 0 Å². The number of halogens is 2. The Hall–Kier alpha value is -2.20. The summed E-state index contributed by atoms with van der Waals surface area (Å²) in [6.07, 6.45) is 12.4. The molecule has 0 atom stereocenters. The minimum Gasteiger partial charge on any atom is -1.00 e. The summed E-state index contributed by atoms with van der Waals surface area (Å²) in [4.78, 5) is 0. The summed E-state index contributed by atoms with van der Waals surface area (Å²) < 4.78 is 9.32. The quantitative estimate of drug-likeness (QED) is 0.127. The molecule has 0 unspecified atom stereocenters. The predicted molar refractivity (Wildman–Crippen MR) is 135 cm³/mol. The number of aryl methyl sites for hydroxylation is 4. The summed E-state index contributed by atoms with van der Waals surface area (Å²) in [6.45, 7) is 2.10. The van der Waals surface area contributed by atoms with Crippen LogP contribution in [0.3, 0.4) is 0 Å². The van der Waals surface area contributed by atoms with Gasteiger partial charge in [0.1, 0.15) is 25.1 Å². The lowest BCUT2D eigenvalue weighted by molar-refractivity contribution is -0.670. The van der Waals surface area contributed by atoms with Crippen molar-refractivity contribution in [2.45, 2.75) is 32.4 Å². The second-order valence-electron chi connectivity index (χ2n) is 9.22. The minimum absolute atomic E-state index is 0. The highest BCUT2D eigenvalue weighted by atomic mass is 127. The topological polar surface area (TPSA) is 17.6 Å². The molecule has 0 spiro atoms. The molecule has 180 valence electrons. The molecule has 2 aromatic carbocycles. The molecule has 35 heavy (non-hydrogen) atoms. The van der Waals surface area contributed by atoms with E-state index in [1.807, 2.05) is 0 Å². The summed E-state index contributed by atoms with van der Waals surface area (Å²) >= 11 is 0. The van der Waals surface area contributed by atoms with Crippen molar-refractivity contribution in [2.75, 3.05) is 0 Å². The standard InChI is InChI=1S/C29H30N4.2HI/c1-30-18-14-24-22-10-4-6-12-26(22)32(28(24)20-30)16-8-3-9-17-33-27-13-7-5-11-23(27)25-15-19-31(2)21-29(25)33;;/h4-7,10-15,18-21H,3,8-9,16-17H2,1-2H3;2*1H/q+2;;/p-2. The number of pyridine rings is 2. The van der Waals surface area contributed by atoms with E-state index < -0.39 is 0 Å². The van der Waals surface area contributed by atoms with Crippen LogP contribution in [0, 0.1) is 0 Å². The van der Waals surface area contributed by atoms with E-state index >= 15 is 0 Å².